The normalized spacial score (nSPS) is 25.3. The number of amides is 1. The van der Waals surface area contributed by atoms with Crippen LogP contribution >= 0.6 is 0 Å². The number of nitrogens with zero attached hydrogens (tertiary/aromatic N) is 1. The molecule has 0 radical (unpaired) electrons. The Morgan fingerprint density at radius 3 is 2.42 bits per heavy atom. The minimum Gasteiger partial charge on any atom is -0.508 e. The number of hydrogen-bond donors (Lipinski definition) is 6. The molecule has 3 aromatic carbocycles. The molecule has 1 fully saturated rings. The van der Waals surface area contributed by atoms with Crippen molar-refractivity contribution in [1.29, 1.82) is 0 Å². The van der Waals surface area contributed by atoms with E-state index in [1.807, 2.05) is 18.2 Å². The first-order valence-corrected chi connectivity index (χ1v) is 15.4. The number of aliphatic hydroxyl groups is 3. The second-order valence-corrected chi connectivity index (χ2v) is 12.9. The van der Waals surface area contributed by atoms with Crippen LogP contribution in [0, 0.1) is 11.8 Å². The van der Waals surface area contributed by atoms with E-state index >= 15 is 0 Å². The fourth-order valence-electron chi connectivity index (χ4n) is 8.00. The number of carbonyl (C=O) groups is 3. The SMILES string of the molecule is CN(C)C1C(=O)C(C(N)=O)=C(O)C2(O)C(=O)C3=C(O)c4c(O)c(-c5ccc6c(c5)OCO6)cc(-c5ccc6c(c5)OCN6)c4CC3CC12. The van der Waals surface area contributed by atoms with Crippen LogP contribution in [0.3, 0.4) is 0 Å². The van der Waals surface area contributed by atoms with Gasteiger partial charge in [0, 0.05) is 17.1 Å². The van der Waals surface area contributed by atoms with E-state index in [1.165, 1.54) is 4.90 Å². The summed E-state index contributed by atoms with van der Waals surface area (Å²) in [4.78, 5) is 41.6. The van der Waals surface area contributed by atoms with E-state index in [9.17, 15) is 34.8 Å². The molecule has 246 valence electrons. The monoisotopic (exact) mass is 653 g/mol. The zero-order valence-corrected chi connectivity index (χ0v) is 25.9. The van der Waals surface area contributed by atoms with E-state index in [4.69, 9.17) is 19.9 Å². The molecule has 13 nitrogen and oxygen atoms in total. The molecule has 0 bridgehead atoms. The molecule has 4 unspecified atom stereocenters. The molecular formula is C35H31N3O10. The smallest absolute Gasteiger partial charge is 0.255 e. The highest BCUT2D eigenvalue weighted by molar-refractivity contribution is 6.24. The summed E-state index contributed by atoms with van der Waals surface area (Å²) in [5.41, 5.74) is 5.18. The van der Waals surface area contributed by atoms with Crippen LogP contribution < -0.4 is 25.3 Å². The third kappa shape index (κ3) is 3.94. The number of aromatic hydroxyl groups is 1. The van der Waals surface area contributed by atoms with E-state index in [2.05, 4.69) is 5.32 Å². The number of benzene rings is 3. The van der Waals surface area contributed by atoms with Gasteiger partial charge in [0.05, 0.1) is 17.3 Å². The minimum absolute atomic E-state index is 0.0176. The second kappa shape index (κ2) is 10.2. The van der Waals surface area contributed by atoms with Crippen molar-refractivity contribution < 1.29 is 49.0 Å². The number of anilines is 1. The summed E-state index contributed by atoms with van der Waals surface area (Å²) in [6, 6.07) is 11.4. The Labute approximate surface area is 273 Å². The Bertz CT molecular complexity index is 2070. The number of nitrogens with one attached hydrogen (secondary N) is 1. The van der Waals surface area contributed by atoms with Crippen molar-refractivity contribution in [2.24, 2.45) is 17.6 Å². The van der Waals surface area contributed by atoms with Gasteiger partial charge in [0.15, 0.2) is 29.6 Å². The quantitative estimate of drug-likeness (QED) is 0.225. The van der Waals surface area contributed by atoms with Gasteiger partial charge in [0.2, 0.25) is 12.6 Å². The number of ketones is 2. The van der Waals surface area contributed by atoms with Crippen LogP contribution in [0.5, 0.6) is 23.0 Å². The first-order valence-electron chi connectivity index (χ1n) is 15.4. The first kappa shape index (κ1) is 29.8. The van der Waals surface area contributed by atoms with Crippen LogP contribution in [-0.4, -0.2) is 82.1 Å². The molecule has 4 atom stereocenters. The summed E-state index contributed by atoms with van der Waals surface area (Å²) < 4.78 is 16.8. The Morgan fingerprint density at radius 2 is 1.67 bits per heavy atom. The third-order valence-electron chi connectivity index (χ3n) is 10.2. The summed E-state index contributed by atoms with van der Waals surface area (Å²) in [7, 11) is 3.12. The Hall–Kier alpha value is -5.53. The van der Waals surface area contributed by atoms with E-state index in [1.54, 1.807) is 38.4 Å². The van der Waals surface area contributed by atoms with Crippen molar-refractivity contribution in [1.82, 2.24) is 4.90 Å². The van der Waals surface area contributed by atoms with Crippen LogP contribution in [0.25, 0.3) is 28.0 Å². The molecule has 1 saturated carbocycles. The van der Waals surface area contributed by atoms with E-state index in [0.717, 1.165) is 11.3 Å². The Balaban J connectivity index is 1.37. The lowest BCUT2D eigenvalue weighted by atomic mass is 9.57. The molecule has 13 heteroatoms. The van der Waals surface area contributed by atoms with Crippen molar-refractivity contribution in [3.63, 3.8) is 0 Å². The van der Waals surface area contributed by atoms with Crippen LogP contribution in [0.4, 0.5) is 5.69 Å². The van der Waals surface area contributed by atoms with E-state index in [0.29, 0.717) is 46.2 Å². The highest BCUT2D eigenvalue weighted by Crippen LogP contribution is 2.55. The molecule has 1 amide bonds. The van der Waals surface area contributed by atoms with Crippen LogP contribution in [-0.2, 0) is 20.8 Å². The van der Waals surface area contributed by atoms with Gasteiger partial charge in [-0.2, -0.15) is 0 Å². The maximum atomic E-state index is 14.4. The number of Topliss-reactive ketones (excluding diaryl/α,β-unsaturated/α-hetero) is 2. The number of aliphatic hydroxyl groups excluding tert-OH is 2. The summed E-state index contributed by atoms with van der Waals surface area (Å²) in [5.74, 6) is -5.48. The fourth-order valence-corrected chi connectivity index (χ4v) is 8.00. The molecule has 7 N–H and O–H groups in total. The number of nitrogens with two attached hydrogens (primary N) is 1. The second-order valence-electron chi connectivity index (χ2n) is 12.9. The Morgan fingerprint density at radius 1 is 0.958 bits per heavy atom. The molecule has 0 spiro atoms. The average Bonchev–Trinajstić information content (AvgIpc) is 3.71. The molecule has 2 heterocycles. The van der Waals surface area contributed by atoms with Crippen LogP contribution in [0.2, 0.25) is 0 Å². The van der Waals surface area contributed by atoms with Gasteiger partial charge in [-0.1, -0.05) is 12.1 Å². The van der Waals surface area contributed by atoms with Gasteiger partial charge in [0.1, 0.15) is 28.6 Å². The van der Waals surface area contributed by atoms with Crippen LogP contribution in [0.1, 0.15) is 17.5 Å². The van der Waals surface area contributed by atoms with Crippen molar-refractivity contribution in [2.45, 2.75) is 24.5 Å². The molecule has 8 rings (SSSR count). The maximum absolute atomic E-state index is 14.4. The zero-order valence-electron chi connectivity index (χ0n) is 25.9. The molecule has 0 aromatic heterocycles. The molecule has 5 aliphatic rings. The fraction of sp³-hybridized carbons (Fsp3) is 0.286. The van der Waals surface area contributed by atoms with Crippen molar-refractivity contribution in [3.05, 3.63) is 70.5 Å². The topological polar surface area (TPSA) is 201 Å². The highest BCUT2D eigenvalue weighted by atomic mass is 16.7. The van der Waals surface area contributed by atoms with Gasteiger partial charge < -0.3 is 45.7 Å². The largest absolute Gasteiger partial charge is 0.508 e. The van der Waals surface area contributed by atoms with Crippen LogP contribution in [0.15, 0.2) is 59.4 Å². The molecule has 0 saturated heterocycles. The summed E-state index contributed by atoms with van der Waals surface area (Å²) in [5, 5.41) is 50.2. The summed E-state index contributed by atoms with van der Waals surface area (Å²) in [6.07, 6.45) is 0.113. The Kier molecular flexibility index (Phi) is 6.36. The average molecular weight is 654 g/mol. The number of phenolic OH excluding ortho intramolecular Hbond substituents is 1. The number of fused-ring (bicyclic) bond motifs is 5. The zero-order chi connectivity index (χ0) is 33.8. The van der Waals surface area contributed by atoms with E-state index < -0.39 is 58.0 Å². The third-order valence-corrected chi connectivity index (χ3v) is 10.2. The van der Waals surface area contributed by atoms with Crippen molar-refractivity contribution in [2.75, 3.05) is 32.9 Å². The number of phenols is 1. The first-order chi connectivity index (χ1) is 22.9. The predicted molar refractivity (Wildman–Crippen MR) is 170 cm³/mol. The number of rotatable bonds is 4. The van der Waals surface area contributed by atoms with Gasteiger partial charge in [-0.15, -0.1) is 0 Å². The number of carbonyl (C=O) groups excluding carboxylic acids is 3. The minimum atomic E-state index is -2.73. The van der Waals surface area contributed by atoms with Crippen molar-refractivity contribution >= 4 is 28.9 Å². The summed E-state index contributed by atoms with van der Waals surface area (Å²) in [6.45, 7) is 0.351. The molecule has 48 heavy (non-hydrogen) atoms. The lowest BCUT2D eigenvalue weighted by Gasteiger charge is -2.50. The van der Waals surface area contributed by atoms with Gasteiger partial charge in [-0.3, -0.25) is 19.3 Å². The molecule has 3 aliphatic carbocycles. The van der Waals surface area contributed by atoms with Crippen molar-refractivity contribution in [3.8, 4) is 45.3 Å². The number of hydrogen-bond acceptors (Lipinski definition) is 12. The highest BCUT2D eigenvalue weighted by Gasteiger charge is 2.64. The van der Waals surface area contributed by atoms with Gasteiger partial charge in [-0.05, 0) is 85.4 Å². The lowest BCUT2D eigenvalue weighted by molar-refractivity contribution is -0.153. The molecular weight excluding hydrogens is 622 g/mol. The summed E-state index contributed by atoms with van der Waals surface area (Å²) >= 11 is 0. The molecule has 3 aromatic rings. The van der Waals surface area contributed by atoms with Gasteiger partial charge >= 0.3 is 0 Å². The standard InChI is InChI=1S/C35H31N3O10/c1-38(2)28-20-8-16-7-19-17(14-3-5-21-23(9-14)46-12-37-21)11-18(15-4-6-22-24(10-15)48-13-47-22)29(39)26(19)30(40)25(16)32(42)35(20,45)33(43)27(31(28)41)34(36)44/h3-6,9-11,16,20,28,37,39-40,43,45H,7-8,12-13H2,1-2H3,(H2,36,44). The predicted octanol–water partition coefficient (Wildman–Crippen LogP) is 2.79. The number of primary amides is 1. The lowest BCUT2D eigenvalue weighted by Crippen LogP contribution is -2.65. The van der Waals surface area contributed by atoms with Gasteiger partial charge in [-0.25, -0.2) is 0 Å². The maximum Gasteiger partial charge on any atom is 0.255 e. The number of ether oxygens (including phenoxy) is 3. The molecule has 2 aliphatic heterocycles. The number of likely N-dealkylation sites (N-methyl/N-ethyl adjacent to an activating group) is 1. The van der Waals surface area contributed by atoms with Gasteiger partial charge in [0.25, 0.3) is 5.91 Å². The van der Waals surface area contributed by atoms with E-state index in [-0.39, 0.29) is 36.5 Å².